The van der Waals surface area contributed by atoms with Crippen LogP contribution < -0.4 is 15.0 Å². The van der Waals surface area contributed by atoms with Crippen LogP contribution in [0.15, 0.2) is 41.0 Å². The van der Waals surface area contributed by atoms with Crippen molar-refractivity contribution in [3.63, 3.8) is 0 Å². The van der Waals surface area contributed by atoms with E-state index in [-0.39, 0.29) is 31.5 Å². The number of furan rings is 1. The number of benzene rings is 1. The maximum Gasteiger partial charge on any atom is 0.265 e. The zero-order valence-electron chi connectivity index (χ0n) is 12.2. The number of carbonyl (C=O) groups excluding carboxylic acids is 3. The molecule has 0 unspecified atom stereocenters. The quantitative estimate of drug-likeness (QED) is 0.836. The Kier molecular flexibility index (Phi) is 4.09. The molecule has 1 aliphatic rings. The standard InChI is InChI=1S/C16H14N2O5/c19-9-11-3-4-14-13(6-11)18(16(21)10-23-14)8-15(20)17-7-12-2-1-5-22-12/h1-6,9H,7-8,10H2,(H,17,20). The minimum absolute atomic E-state index is 0.140. The lowest BCUT2D eigenvalue weighted by Gasteiger charge is -2.29. The lowest BCUT2D eigenvalue weighted by molar-refractivity contribution is -0.125. The van der Waals surface area contributed by atoms with Gasteiger partial charge in [-0.2, -0.15) is 0 Å². The van der Waals surface area contributed by atoms with Gasteiger partial charge in [0.25, 0.3) is 5.91 Å². The fourth-order valence-electron chi connectivity index (χ4n) is 2.26. The van der Waals surface area contributed by atoms with Gasteiger partial charge in [-0.25, -0.2) is 0 Å². The van der Waals surface area contributed by atoms with Gasteiger partial charge in [0.2, 0.25) is 5.91 Å². The molecule has 7 nitrogen and oxygen atoms in total. The number of nitrogens with one attached hydrogen (secondary N) is 1. The van der Waals surface area contributed by atoms with Gasteiger partial charge in [-0.3, -0.25) is 19.3 Å². The number of fused-ring (bicyclic) bond motifs is 1. The van der Waals surface area contributed by atoms with Gasteiger partial charge in [0, 0.05) is 5.56 Å². The first-order chi connectivity index (χ1) is 11.2. The molecular weight excluding hydrogens is 300 g/mol. The summed E-state index contributed by atoms with van der Waals surface area (Å²) < 4.78 is 10.4. The van der Waals surface area contributed by atoms with Crippen LogP contribution in [-0.4, -0.2) is 31.3 Å². The SMILES string of the molecule is O=Cc1ccc2c(c1)N(CC(=O)NCc1ccco1)C(=O)CO2. The van der Waals surface area contributed by atoms with Crippen LogP contribution in [0.25, 0.3) is 0 Å². The average Bonchev–Trinajstić information content (AvgIpc) is 3.08. The number of carbonyl (C=O) groups is 3. The van der Waals surface area contributed by atoms with E-state index in [2.05, 4.69) is 5.32 Å². The van der Waals surface area contributed by atoms with E-state index in [1.165, 1.54) is 17.2 Å². The van der Waals surface area contributed by atoms with Gasteiger partial charge in [-0.1, -0.05) is 0 Å². The van der Waals surface area contributed by atoms with Crippen molar-refractivity contribution in [2.24, 2.45) is 0 Å². The molecule has 1 aliphatic heterocycles. The highest BCUT2D eigenvalue weighted by Gasteiger charge is 2.27. The summed E-state index contributed by atoms with van der Waals surface area (Å²) in [5.74, 6) is 0.414. The molecule has 1 aromatic carbocycles. The van der Waals surface area contributed by atoms with Gasteiger partial charge in [0.05, 0.1) is 18.5 Å². The van der Waals surface area contributed by atoms with Gasteiger partial charge in [0.1, 0.15) is 24.3 Å². The molecule has 2 amide bonds. The van der Waals surface area contributed by atoms with Crippen LogP contribution in [0.3, 0.4) is 0 Å². The highest BCUT2D eigenvalue weighted by atomic mass is 16.5. The minimum Gasteiger partial charge on any atom is -0.482 e. The van der Waals surface area contributed by atoms with E-state index in [1.54, 1.807) is 24.3 Å². The van der Waals surface area contributed by atoms with E-state index in [9.17, 15) is 14.4 Å². The predicted octanol–water partition coefficient (Wildman–Crippen LogP) is 1.13. The van der Waals surface area contributed by atoms with Crippen LogP contribution in [0, 0.1) is 0 Å². The third kappa shape index (κ3) is 3.23. The van der Waals surface area contributed by atoms with Gasteiger partial charge in [-0.05, 0) is 30.3 Å². The summed E-state index contributed by atoms with van der Waals surface area (Å²) in [6.07, 6.45) is 2.19. The Labute approximate surface area is 131 Å². The first kappa shape index (κ1) is 14.8. The van der Waals surface area contributed by atoms with E-state index < -0.39 is 0 Å². The molecule has 0 aliphatic carbocycles. The molecule has 1 aromatic heterocycles. The Hall–Kier alpha value is -3.09. The van der Waals surface area contributed by atoms with Crippen LogP contribution in [0.4, 0.5) is 5.69 Å². The maximum atomic E-state index is 12.1. The van der Waals surface area contributed by atoms with Crippen molar-refractivity contribution in [3.05, 3.63) is 47.9 Å². The summed E-state index contributed by atoms with van der Waals surface area (Å²) in [7, 11) is 0. The highest BCUT2D eigenvalue weighted by Crippen LogP contribution is 2.32. The number of rotatable bonds is 5. The van der Waals surface area contributed by atoms with Crippen LogP contribution >= 0.6 is 0 Å². The molecule has 0 fully saturated rings. The van der Waals surface area contributed by atoms with E-state index in [1.807, 2.05) is 0 Å². The fraction of sp³-hybridized carbons (Fsp3) is 0.188. The summed E-state index contributed by atoms with van der Waals surface area (Å²) in [4.78, 5) is 36.3. The monoisotopic (exact) mass is 314 g/mol. The molecule has 2 heterocycles. The van der Waals surface area contributed by atoms with Gasteiger partial charge in [-0.15, -0.1) is 0 Å². The van der Waals surface area contributed by atoms with Crippen molar-refractivity contribution in [2.75, 3.05) is 18.1 Å². The number of amides is 2. The fourth-order valence-corrected chi connectivity index (χ4v) is 2.26. The number of nitrogens with zero attached hydrogens (tertiary/aromatic N) is 1. The van der Waals surface area contributed by atoms with E-state index in [0.29, 0.717) is 29.0 Å². The second-order valence-corrected chi connectivity index (χ2v) is 4.97. The van der Waals surface area contributed by atoms with Gasteiger partial charge in [0.15, 0.2) is 6.61 Å². The third-order valence-electron chi connectivity index (χ3n) is 3.40. The molecule has 118 valence electrons. The highest BCUT2D eigenvalue weighted by molar-refractivity contribution is 6.02. The Morgan fingerprint density at radius 1 is 1.35 bits per heavy atom. The summed E-state index contributed by atoms with van der Waals surface area (Å²) in [6.45, 7) is -0.0529. The van der Waals surface area contributed by atoms with Crippen molar-refractivity contribution < 1.29 is 23.5 Å². The Morgan fingerprint density at radius 3 is 2.96 bits per heavy atom. The predicted molar refractivity (Wildman–Crippen MR) is 80.2 cm³/mol. The number of hydrogen-bond donors (Lipinski definition) is 1. The summed E-state index contributed by atoms with van der Waals surface area (Å²) in [5, 5.41) is 2.68. The minimum atomic E-state index is -0.339. The number of hydrogen-bond acceptors (Lipinski definition) is 5. The molecule has 3 rings (SSSR count). The molecule has 0 saturated heterocycles. The number of aldehydes is 1. The van der Waals surface area contributed by atoms with Crippen LogP contribution in [0.2, 0.25) is 0 Å². The molecule has 0 bridgehead atoms. The molecule has 0 spiro atoms. The van der Waals surface area contributed by atoms with E-state index in [0.717, 1.165) is 0 Å². The third-order valence-corrected chi connectivity index (χ3v) is 3.40. The normalized spacial score (nSPS) is 13.2. The lowest BCUT2D eigenvalue weighted by Crippen LogP contribution is -2.45. The first-order valence-electron chi connectivity index (χ1n) is 6.99. The van der Waals surface area contributed by atoms with E-state index >= 15 is 0 Å². The maximum absolute atomic E-state index is 12.1. The zero-order valence-corrected chi connectivity index (χ0v) is 12.2. The van der Waals surface area contributed by atoms with Crippen LogP contribution in [-0.2, 0) is 16.1 Å². The molecule has 0 atom stereocenters. The topological polar surface area (TPSA) is 88.9 Å². The molecule has 1 N–H and O–H groups in total. The molecule has 0 radical (unpaired) electrons. The van der Waals surface area contributed by atoms with Crippen molar-refractivity contribution >= 4 is 23.8 Å². The average molecular weight is 314 g/mol. The van der Waals surface area contributed by atoms with E-state index in [4.69, 9.17) is 9.15 Å². The summed E-state index contributed by atoms with van der Waals surface area (Å²) in [6, 6.07) is 8.20. The smallest absolute Gasteiger partial charge is 0.265 e. The van der Waals surface area contributed by atoms with Crippen LogP contribution in [0.5, 0.6) is 5.75 Å². The molecular formula is C16H14N2O5. The largest absolute Gasteiger partial charge is 0.482 e. The van der Waals surface area contributed by atoms with Crippen molar-refractivity contribution in [1.29, 1.82) is 0 Å². The Balaban J connectivity index is 1.72. The zero-order chi connectivity index (χ0) is 16.2. The van der Waals surface area contributed by atoms with Gasteiger partial charge >= 0.3 is 0 Å². The second kappa shape index (κ2) is 6.35. The molecule has 23 heavy (non-hydrogen) atoms. The number of anilines is 1. The molecule has 0 saturated carbocycles. The lowest BCUT2D eigenvalue weighted by atomic mass is 10.1. The second-order valence-electron chi connectivity index (χ2n) is 4.97. The molecule has 2 aromatic rings. The Morgan fingerprint density at radius 2 is 2.22 bits per heavy atom. The van der Waals surface area contributed by atoms with Crippen molar-refractivity contribution in [1.82, 2.24) is 5.32 Å². The summed E-state index contributed by atoms with van der Waals surface area (Å²) in [5.41, 5.74) is 0.821. The summed E-state index contributed by atoms with van der Waals surface area (Å²) >= 11 is 0. The van der Waals surface area contributed by atoms with Crippen molar-refractivity contribution in [3.8, 4) is 5.75 Å². The molecule has 7 heteroatoms. The van der Waals surface area contributed by atoms with Crippen LogP contribution in [0.1, 0.15) is 16.1 Å². The first-order valence-corrected chi connectivity index (χ1v) is 6.99. The number of ether oxygens (including phenoxy) is 1. The Bertz CT molecular complexity index is 739. The van der Waals surface area contributed by atoms with Crippen molar-refractivity contribution in [2.45, 2.75) is 6.54 Å². The van der Waals surface area contributed by atoms with Gasteiger partial charge < -0.3 is 14.5 Å².